The minimum absolute atomic E-state index is 0.0732. The Morgan fingerprint density at radius 1 is 1.23 bits per heavy atom. The summed E-state index contributed by atoms with van der Waals surface area (Å²) < 4.78 is 5.09. The zero-order valence-corrected chi connectivity index (χ0v) is 14.0. The third-order valence-corrected chi connectivity index (χ3v) is 2.87. The van der Waals surface area contributed by atoms with E-state index in [1.165, 1.54) is 5.56 Å². The highest BCUT2D eigenvalue weighted by molar-refractivity contribution is 5.80. The topological polar surface area (TPSA) is 62.7 Å². The van der Waals surface area contributed by atoms with Gasteiger partial charge < -0.3 is 15.4 Å². The van der Waals surface area contributed by atoms with Gasteiger partial charge in [-0.2, -0.15) is 0 Å². The number of nitrogens with zero attached hydrogens (tertiary/aromatic N) is 1. The monoisotopic (exact) mass is 305 g/mol. The molecular formula is C17H27N3O2. The molecule has 0 aliphatic carbocycles. The molecule has 2 N–H and O–H groups in total. The van der Waals surface area contributed by atoms with Crippen molar-refractivity contribution in [2.24, 2.45) is 4.99 Å². The first kappa shape index (κ1) is 18.0. The molecule has 0 aliphatic rings. The molecular weight excluding hydrogens is 278 g/mol. The lowest BCUT2D eigenvalue weighted by atomic mass is 10.1. The minimum atomic E-state index is -0.197. The number of carbonyl (C=O) groups excluding carboxylic acids is 1. The van der Waals surface area contributed by atoms with Crippen molar-refractivity contribution in [3.63, 3.8) is 0 Å². The molecule has 5 heteroatoms. The summed E-state index contributed by atoms with van der Waals surface area (Å²) >= 11 is 0. The van der Waals surface area contributed by atoms with Gasteiger partial charge in [-0.25, -0.2) is 4.99 Å². The first-order chi connectivity index (χ1) is 10.5. The molecule has 0 aromatic heterocycles. The van der Waals surface area contributed by atoms with Crippen LogP contribution in [0.3, 0.4) is 0 Å². The maximum absolute atomic E-state index is 11.5. The number of carbonyl (C=O) groups is 1. The van der Waals surface area contributed by atoms with E-state index in [0.29, 0.717) is 25.5 Å². The van der Waals surface area contributed by atoms with Crippen LogP contribution in [0.15, 0.2) is 29.3 Å². The average Bonchev–Trinajstić information content (AvgIpc) is 2.45. The number of benzene rings is 1. The average molecular weight is 305 g/mol. The van der Waals surface area contributed by atoms with Gasteiger partial charge in [-0.1, -0.05) is 29.8 Å². The van der Waals surface area contributed by atoms with Crippen molar-refractivity contribution in [3.8, 4) is 0 Å². The first-order valence-electron chi connectivity index (χ1n) is 7.78. The lowest BCUT2D eigenvalue weighted by molar-refractivity contribution is -0.147. The van der Waals surface area contributed by atoms with Crippen molar-refractivity contribution in [1.82, 2.24) is 10.6 Å². The molecule has 1 aromatic rings. The number of guanidine groups is 1. The summed E-state index contributed by atoms with van der Waals surface area (Å²) in [7, 11) is 0. The molecule has 1 aromatic carbocycles. The lowest BCUT2D eigenvalue weighted by Gasteiger charge is -2.12. The number of aryl methyl sites for hydroxylation is 1. The van der Waals surface area contributed by atoms with Gasteiger partial charge >= 0.3 is 5.97 Å². The second-order valence-electron chi connectivity index (χ2n) is 5.40. The summed E-state index contributed by atoms with van der Waals surface area (Å²) in [5.41, 5.74) is 2.39. The highest BCUT2D eigenvalue weighted by atomic mass is 16.5. The molecule has 0 fully saturated rings. The van der Waals surface area contributed by atoms with E-state index in [1.807, 2.05) is 20.8 Å². The second-order valence-corrected chi connectivity index (χ2v) is 5.40. The number of hydrogen-bond acceptors (Lipinski definition) is 3. The zero-order valence-electron chi connectivity index (χ0n) is 14.0. The van der Waals surface area contributed by atoms with Crippen LogP contribution in [-0.4, -0.2) is 31.1 Å². The molecule has 122 valence electrons. The van der Waals surface area contributed by atoms with E-state index in [2.05, 4.69) is 46.8 Å². The van der Waals surface area contributed by atoms with Crippen molar-refractivity contribution in [2.75, 3.05) is 13.1 Å². The predicted octanol–water partition coefficient (Wildman–Crippen LogP) is 2.39. The van der Waals surface area contributed by atoms with Crippen LogP contribution in [0.1, 0.15) is 38.3 Å². The summed E-state index contributed by atoms with van der Waals surface area (Å²) in [5, 5.41) is 6.31. The second kappa shape index (κ2) is 9.82. The van der Waals surface area contributed by atoms with Gasteiger partial charge in [-0.3, -0.25) is 4.79 Å². The quantitative estimate of drug-likeness (QED) is 0.461. The van der Waals surface area contributed by atoms with E-state index in [-0.39, 0.29) is 12.1 Å². The highest BCUT2D eigenvalue weighted by Gasteiger charge is 2.05. The molecule has 1 rings (SSSR count). The molecule has 0 radical (unpaired) electrons. The van der Waals surface area contributed by atoms with Gasteiger partial charge in [0.1, 0.15) is 0 Å². The molecule has 0 amide bonds. The summed E-state index contributed by atoms with van der Waals surface area (Å²) in [6, 6.07) is 8.30. The molecule has 22 heavy (non-hydrogen) atoms. The number of hydrogen-bond donors (Lipinski definition) is 2. The summed E-state index contributed by atoms with van der Waals surface area (Å²) in [6.45, 7) is 9.65. The Labute approximate surface area is 133 Å². The van der Waals surface area contributed by atoms with E-state index in [1.54, 1.807) is 0 Å². The number of esters is 1. The predicted molar refractivity (Wildman–Crippen MR) is 89.8 cm³/mol. The number of nitrogens with one attached hydrogen (secondary N) is 2. The molecule has 0 heterocycles. The SMILES string of the molecule is CCNC(=NCc1ccc(C)cc1)NCCC(=O)OC(C)C. The molecule has 0 saturated carbocycles. The Kier molecular flexibility index (Phi) is 8.04. The van der Waals surface area contributed by atoms with Gasteiger partial charge in [0, 0.05) is 13.1 Å². The molecule has 5 nitrogen and oxygen atoms in total. The molecule has 0 spiro atoms. The number of ether oxygens (including phenoxy) is 1. The van der Waals surface area contributed by atoms with Gasteiger partial charge in [0.25, 0.3) is 0 Å². The van der Waals surface area contributed by atoms with Gasteiger partial charge in [0.15, 0.2) is 5.96 Å². The van der Waals surface area contributed by atoms with Crippen LogP contribution >= 0.6 is 0 Å². The van der Waals surface area contributed by atoms with Crippen molar-refractivity contribution >= 4 is 11.9 Å². The summed E-state index contributed by atoms with van der Waals surface area (Å²) in [5.74, 6) is 0.511. The smallest absolute Gasteiger partial charge is 0.307 e. The van der Waals surface area contributed by atoms with Crippen molar-refractivity contribution in [1.29, 1.82) is 0 Å². The minimum Gasteiger partial charge on any atom is -0.463 e. The Balaban J connectivity index is 2.45. The van der Waals surface area contributed by atoms with Crippen LogP contribution in [0.25, 0.3) is 0 Å². The Morgan fingerprint density at radius 3 is 2.50 bits per heavy atom. The fourth-order valence-electron chi connectivity index (χ4n) is 1.81. The van der Waals surface area contributed by atoms with Crippen LogP contribution in [0.2, 0.25) is 0 Å². The van der Waals surface area contributed by atoms with Crippen LogP contribution < -0.4 is 10.6 Å². The normalized spacial score (nSPS) is 11.4. The standard InChI is InChI=1S/C17H27N3O2/c1-5-18-17(19-11-10-16(21)22-13(2)3)20-12-15-8-6-14(4)7-9-15/h6-9,13H,5,10-12H2,1-4H3,(H2,18,19,20). The van der Waals surface area contributed by atoms with E-state index in [0.717, 1.165) is 12.1 Å². The largest absolute Gasteiger partial charge is 0.463 e. The lowest BCUT2D eigenvalue weighted by Crippen LogP contribution is -2.38. The Morgan fingerprint density at radius 2 is 1.91 bits per heavy atom. The van der Waals surface area contributed by atoms with Gasteiger partial charge in [0.2, 0.25) is 0 Å². The molecule has 0 atom stereocenters. The first-order valence-corrected chi connectivity index (χ1v) is 7.78. The van der Waals surface area contributed by atoms with Gasteiger partial charge in [-0.15, -0.1) is 0 Å². The highest BCUT2D eigenvalue weighted by Crippen LogP contribution is 2.04. The van der Waals surface area contributed by atoms with E-state index in [9.17, 15) is 4.79 Å². The van der Waals surface area contributed by atoms with E-state index < -0.39 is 0 Å². The Bertz CT molecular complexity index is 481. The Hall–Kier alpha value is -2.04. The molecule has 0 saturated heterocycles. The molecule has 0 unspecified atom stereocenters. The van der Waals surface area contributed by atoms with E-state index in [4.69, 9.17) is 4.74 Å². The maximum atomic E-state index is 11.5. The number of rotatable bonds is 7. The van der Waals surface area contributed by atoms with Gasteiger partial charge in [-0.05, 0) is 33.3 Å². The zero-order chi connectivity index (χ0) is 16.4. The molecule has 0 bridgehead atoms. The van der Waals surface area contributed by atoms with Crippen LogP contribution in [-0.2, 0) is 16.1 Å². The fraction of sp³-hybridized carbons (Fsp3) is 0.529. The van der Waals surface area contributed by atoms with Crippen molar-refractivity contribution in [2.45, 2.75) is 46.8 Å². The number of aliphatic imine (C=N–C) groups is 1. The van der Waals surface area contributed by atoms with Crippen LogP contribution in [0.5, 0.6) is 0 Å². The van der Waals surface area contributed by atoms with Crippen LogP contribution in [0, 0.1) is 6.92 Å². The third kappa shape index (κ3) is 7.67. The van der Waals surface area contributed by atoms with E-state index >= 15 is 0 Å². The van der Waals surface area contributed by atoms with Crippen LogP contribution in [0.4, 0.5) is 0 Å². The molecule has 0 aliphatic heterocycles. The summed E-state index contributed by atoms with van der Waals surface area (Å²) in [4.78, 5) is 16.0. The summed E-state index contributed by atoms with van der Waals surface area (Å²) in [6.07, 6.45) is 0.253. The fourth-order valence-corrected chi connectivity index (χ4v) is 1.81. The van der Waals surface area contributed by atoms with Crippen molar-refractivity contribution in [3.05, 3.63) is 35.4 Å². The van der Waals surface area contributed by atoms with Gasteiger partial charge in [0.05, 0.1) is 19.1 Å². The maximum Gasteiger partial charge on any atom is 0.307 e. The third-order valence-electron chi connectivity index (χ3n) is 2.87. The van der Waals surface area contributed by atoms with Crippen molar-refractivity contribution < 1.29 is 9.53 Å².